The van der Waals surface area contributed by atoms with E-state index in [9.17, 15) is 28.8 Å². The number of ether oxygens (including phenoxy) is 3. The monoisotopic (exact) mass is 825 g/mol. The maximum atomic E-state index is 14.7. The Bertz CT molecular complexity index is 2070. The van der Waals surface area contributed by atoms with E-state index in [1.165, 1.54) is 26.4 Å². The van der Waals surface area contributed by atoms with Gasteiger partial charge in [0, 0.05) is 56.7 Å². The number of carbonyl (C=O) groups excluding carboxylic acids is 6. The van der Waals surface area contributed by atoms with Crippen LogP contribution in [0.15, 0.2) is 72.8 Å². The lowest BCUT2D eigenvalue weighted by atomic mass is 9.99. The van der Waals surface area contributed by atoms with Gasteiger partial charge >= 0.3 is 24.1 Å². The molecule has 2 aliphatic heterocycles. The van der Waals surface area contributed by atoms with Crippen LogP contribution in [0.3, 0.4) is 0 Å². The van der Waals surface area contributed by atoms with Gasteiger partial charge in [-0.3, -0.25) is 14.5 Å². The van der Waals surface area contributed by atoms with E-state index in [4.69, 9.17) is 14.2 Å². The summed E-state index contributed by atoms with van der Waals surface area (Å²) in [4.78, 5) is 86.6. The molecule has 0 aliphatic carbocycles. The SMILES string of the molecule is COC(=O)c1ccc2c(c1)N(C(=O)NC(CCCCNC(=O)OC(C)(C)C)C(=O)OC)C(=O)/C2=C(\Nc1ccc(N(C)C(=O)CN2CCN(C)CC2)cc1)c1ccccc1. The van der Waals surface area contributed by atoms with Crippen LogP contribution >= 0.6 is 0 Å². The van der Waals surface area contributed by atoms with Gasteiger partial charge in [-0.15, -0.1) is 0 Å². The lowest BCUT2D eigenvalue weighted by Gasteiger charge is -2.32. The fraction of sp³-hybridized carbons (Fsp3) is 0.409. The smallest absolute Gasteiger partial charge is 0.407 e. The highest BCUT2D eigenvalue weighted by Gasteiger charge is 2.41. The average molecular weight is 826 g/mol. The van der Waals surface area contributed by atoms with Gasteiger partial charge in [0.2, 0.25) is 5.91 Å². The summed E-state index contributed by atoms with van der Waals surface area (Å²) in [6, 6.07) is 18.7. The van der Waals surface area contributed by atoms with Crippen molar-refractivity contribution in [2.24, 2.45) is 0 Å². The van der Waals surface area contributed by atoms with Crippen molar-refractivity contribution in [2.75, 3.05) is 82.7 Å². The number of nitrogens with zero attached hydrogens (tertiary/aromatic N) is 4. The van der Waals surface area contributed by atoms with Gasteiger partial charge in [-0.2, -0.15) is 0 Å². The van der Waals surface area contributed by atoms with Crippen molar-refractivity contribution in [3.05, 3.63) is 89.5 Å². The summed E-state index contributed by atoms with van der Waals surface area (Å²) in [7, 11) is 6.23. The summed E-state index contributed by atoms with van der Waals surface area (Å²) in [6.45, 7) is 9.31. The molecule has 1 unspecified atom stereocenters. The van der Waals surface area contributed by atoms with Crippen molar-refractivity contribution in [1.29, 1.82) is 0 Å². The number of alkyl carbamates (subject to hydrolysis) is 1. The van der Waals surface area contributed by atoms with E-state index in [0.29, 0.717) is 47.6 Å². The number of urea groups is 1. The number of likely N-dealkylation sites (N-methyl/N-ethyl adjacent to an activating group) is 2. The van der Waals surface area contributed by atoms with E-state index >= 15 is 0 Å². The zero-order chi connectivity index (χ0) is 43.6. The van der Waals surface area contributed by atoms with Crippen LogP contribution in [-0.2, 0) is 28.6 Å². The van der Waals surface area contributed by atoms with Gasteiger partial charge in [0.05, 0.1) is 43.3 Å². The number of imide groups is 1. The zero-order valence-electron chi connectivity index (χ0n) is 35.3. The summed E-state index contributed by atoms with van der Waals surface area (Å²) in [6.07, 6.45) is 0.426. The Labute approximate surface area is 350 Å². The molecule has 320 valence electrons. The molecule has 5 rings (SSSR count). The number of esters is 2. The Hall–Kier alpha value is -6.26. The first-order valence-corrected chi connectivity index (χ1v) is 19.9. The largest absolute Gasteiger partial charge is 0.467 e. The molecular formula is C44H55N7O9. The average Bonchev–Trinajstić information content (AvgIpc) is 3.52. The van der Waals surface area contributed by atoms with Gasteiger partial charge in [-0.25, -0.2) is 24.1 Å². The van der Waals surface area contributed by atoms with Crippen LogP contribution in [0, 0.1) is 0 Å². The second-order valence-corrected chi connectivity index (χ2v) is 15.6. The second-order valence-electron chi connectivity index (χ2n) is 15.6. The lowest BCUT2D eigenvalue weighted by molar-refractivity contribution is -0.143. The Balaban J connectivity index is 1.42. The molecule has 16 nitrogen and oxygen atoms in total. The lowest BCUT2D eigenvalue weighted by Crippen LogP contribution is -2.49. The zero-order valence-corrected chi connectivity index (χ0v) is 35.3. The Morgan fingerprint density at radius 2 is 1.53 bits per heavy atom. The molecule has 0 saturated carbocycles. The molecule has 0 spiro atoms. The van der Waals surface area contributed by atoms with Gasteiger partial charge < -0.3 is 40.0 Å². The third-order valence-electron chi connectivity index (χ3n) is 10.1. The molecule has 0 aromatic heterocycles. The number of hydrogen-bond donors (Lipinski definition) is 3. The molecule has 5 amide bonds. The Morgan fingerprint density at radius 1 is 0.850 bits per heavy atom. The Morgan fingerprint density at radius 3 is 2.17 bits per heavy atom. The highest BCUT2D eigenvalue weighted by molar-refractivity contribution is 6.44. The summed E-state index contributed by atoms with van der Waals surface area (Å²) >= 11 is 0. The van der Waals surface area contributed by atoms with E-state index < -0.39 is 41.6 Å². The number of methoxy groups -OCH3 is 2. The number of benzene rings is 3. The number of carbonyl (C=O) groups is 6. The molecule has 60 heavy (non-hydrogen) atoms. The molecule has 2 heterocycles. The van der Waals surface area contributed by atoms with Crippen LogP contribution in [0.2, 0.25) is 0 Å². The first-order valence-electron chi connectivity index (χ1n) is 19.9. The number of hydrogen-bond acceptors (Lipinski definition) is 12. The molecule has 1 atom stereocenters. The minimum absolute atomic E-state index is 0.0325. The fourth-order valence-electron chi connectivity index (χ4n) is 6.78. The number of anilines is 3. The highest BCUT2D eigenvalue weighted by Crippen LogP contribution is 2.42. The molecule has 2 aliphatic rings. The van der Waals surface area contributed by atoms with Crippen molar-refractivity contribution in [2.45, 2.75) is 51.7 Å². The first-order chi connectivity index (χ1) is 28.6. The highest BCUT2D eigenvalue weighted by atomic mass is 16.6. The van der Waals surface area contributed by atoms with E-state index in [1.807, 2.05) is 42.5 Å². The molecule has 16 heteroatoms. The van der Waals surface area contributed by atoms with Crippen molar-refractivity contribution < 1.29 is 43.0 Å². The molecule has 0 radical (unpaired) electrons. The minimum atomic E-state index is -1.14. The van der Waals surface area contributed by atoms with Gasteiger partial charge in [-0.1, -0.05) is 36.4 Å². The molecule has 1 fully saturated rings. The van der Waals surface area contributed by atoms with E-state index in [1.54, 1.807) is 50.9 Å². The topological polar surface area (TPSA) is 179 Å². The van der Waals surface area contributed by atoms with Crippen molar-refractivity contribution >= 4 is 64.2 Å². The van der Waals surface area contributed by atoms with E-state index in [2.05, 4.69) is 32.8 Å². The quantitative estimate of drug-likeness (QED) is 0.0863. The fourth-order valence-corrected chi connectivity index (χ4v) is 6.78. The van der Waals surface area contributed by atoms with Crippen LogP contribution < -0.4 is 25.8 Å². The number of amides is 5. The van der Waals surface area contributed by atoms with E-state index in [0.717, 1.165) is 31.1 Å². The van der Waals surface area contributed by atoms with Crippen molar-refractivity contribution in [1.82, 2.24) is 20.4 Å². The van der Waals surface area contributed by atoms with Gasteiger partial charge in [-0.05, 0) is 89.0 Å². The van der Waals surface area contributed by atoms with Crippen molar-refractivity contribution in [3.8, 4) is 0 Å². The summed E-state index contributed by atoms with van der Waals surface area (Å²) in [5.74, 6) is -2.15. The third-order valence-corrected chi connectivity index (χ3v) is 10.1. The summed E-state index contributed by atoms with van der Waals surface area (Å²) < 4.78 is 15.2. The van der Waals surface area contributed by atoms with Gasteiger partial charge in [0.15, 0.2) is 0 Å². The van der Waals surface area contributed by atoms with Crippen LogP contribution in [0.1, 0.15) is 61.5 Å². The number of fused-ring (bicyclic) bond motifs is 1. The number of rotatable bonds is 14. The van der Waals surface area contributed by atoms with Crippen LogP contribution in [0.25, 0.3) is 11.3 Å². The second kappa shape index (κ2) is 20.1. The minimum Gasteiger partial charge on any atom is -0.467 e. The molecule has 0 bridgehead atoms. The molecule has 3 aromatic carbocycles. The Kier molecular flexibility index (Phi) is 15.0. The maximum absolute atomic E-state index is 14.7. The number of piperazine rings is 1. The third kappa shape index (κ3) is 11.5. The van der Waals surface area contributed by atoms with Gasteiger partial charge in [0.1, 0.15) is 11.6 Å². The van der Waals surface area contributed by atoms with Crippen LogP contribution in [0.5, 0.6) is 0 Å². The van der Waals surface area contributed by atoms with Crippen molar-refractivity contribution in [3.63, 3.8) is 0 Å². The maximum Gasteiger partial charge on any atom is 0.407 e. The van der Waals surface area contributed by atoms with E-state index in [-0.39, 0.29) is 35.7 Å². The molecule has 3 aromatic rings. The summed E-state index contributed by atoms with van der Waals surface area (Å²) in [5, 5.41) is 8.72. The predicted octanol–water partition coefficient (Wildman–Crippen LogP) is 4.96. The normalized spacial score (nSPS) is 15.7. The van der Waals surface area contributed by atoms with Gasteiger partial charge in [0.25, 0.3) is 5.91 Å². The molecular weight excluding hydrogens is 771 g/mol. The molecule has 3 N–H and O–H groups in total. The number of unbranched alkanes of at least 4 members (excludes halogenated alkanes) is 1. The summed E-state index contributed by atoms with van der Waals surface area (Å²) in [5.41, 5.74) is 2.31. The first kappa shape index (κ1) is 44.8. The van der Waals surface area contributed by atoms with Crippen LogP contribution in [0.4, 0.5) is 26.7 Å². The van der Waals surface area contributed by atoms with Crippen LogP contribution in [-0.4, -0.2) is 125 Å². The molecule has 1 saturated heterocycles. The predicted molar refractivity (Wildman–Crippen MR) is 228 cm³/mol. The number of nitrogens with one attached hydrogen (secondary N) is 3. The standard InChI is InChI=1S/C44H55N7O9/c1-44(2,3)60-43(57)45-22-12-11-15-34(41(55)59-7)47-42(56)51-35-27-30(40(54)58-6)16-21-33(35)37(39(51)53)38(29-13-9-8-10-14-29)46-31-17-19-32(20-18-31)49(5)36(52)28-50-25-23-48(4)24-26-50/h8-10,13-14,16-21,27,34,46H,11-12,15,22-26,28H2,1-7H3,(H,45,57)(H,47,56)/b38-37-.